The lowest BCUT2D eigenvalue weighted by molar-refractivity contribution is 0.0698. The van der Waals surface area contributed by atoms with Gasteiger partial charge in [-0.1, -0.05) is 6.07 Å². The van der Waals surface area contributed by atoms with Crippen LogP contribution in [0.4, 0.5) is 0 Å². The van der Waals surface area contributed by atoms with Crippen LogP contribution in [0.15, 0.2) is 30.5 Å². The number of rotatable bonds is 2. The second-order valence-electron chi connectivity index (χ2n) is 3.06. The summed E-state index contributed by atoms with van der Waals surface area (Å²) in [4.78, 5) is 15.0. The maximum Gasteiger partial charge on any atom is 0.338 e. The third-order valence-electron chi connectivity index (χ3n) is 2.14. The van der Waals surface area contributed by atoms with Gasteiger partial charge < -0.3 is 9.84 Å². The number of nitrogens with zero attached hydrogens (tertiary/aromatic N) is 1. The van der Waals surface area contributed by atoms with Crippen molar-refractivity contribution in [1.29, 1.82) is 0 Å². The first-order valence-electron chi connectivity index (χ1n) is 4.38. The zero-order chi connectivity index (χ0) is 10.8. The van der Waals surface area contributed by atoms with Crippen LogP contribution in [0.3, 0.4) is 0 Å². The second-order valence-corrected chi connectivity index (χ2v) is 3.06. The van der Waals surface area contributed by atoms with Crippen molar-refractivity contribution in [3.05, 3.63) is 36.0 Å². The summed E-state index contributed by atoms with van der Waals surface area (Å²) in [6.45, 7) is 0. The Bertz CT molecular complexity index is 522. The maximum atomic E-state index is 11.0. The van der Waals surface area contributed by atoms with E-state index in [1.54, 1.807) is 24.4 Å². The van der Waals surface area contributed by atoms with Crippen LogP contribution < -0.4 is 4.74 Å². The molecule has 4 nitrogen and oxygen atoms in total. The van der Waals surface area contributed by atoms with E-state index in [4.69, 9.17) is 9.84 Å². The van der Waals surface area contributed by atoms with Gasteiger partial charge in [0.15, 0.2) is 0 Å². The number of fused-ring (bicyclic) bond motifs is 1. The normalized spacial score (nSPS) is 10.2. The van der Waals surface area contributed by atoms with E-state index >= 15 is 0 Å². The van der Waals surface area contributed by atoms with Gasteiger partial charge in [0.05, 0.1) is 18.2 Å². The summed E-state index contributed by atoms with van der Waals surface area (Å²) in [5.41, 5.74) is 0.635. The number of carboxylic acid groups (broad SMARTS) is 1. The Balaban J connectivity index is 2.80. The van der Waals surface area contributed by atoms with Gasteiger partial charge in [-0.05, 0) is 18.2 Å². The highest BCUT2D eigenvalue weighted by molar-refractivity contribution is 6.02. The quantitative estimate of drug-likeness (QED) is 0.810. The molecule has 0 radical (unpaired) electrons. The molecule has 0 atom stereocenters. The van der Waals surface area contributed by atoms with Crippen LogP contribution in [-0.4, -0.2) is 23.2 Å². The first-order valence-corrected chi connectivity index (χ1v) is 4.38. The number of hydrogen-bond donors (Lipinski definition) is 1. The van der Waals surface area contributed by atoms with Crippen LogP contribution in [-0.2, 0) is 0 Å². The average molecular weight is 203 g/mol. The first kappa shape index (κ1) is 9.45. The van der Waals surface area contributed by atoms with Crippen molar-refractivity contribution in [1.82, 2.24) is 4.98 Å². The fourth-order valence-electron chi connectivity index (χ4n) is 1.45. The van der Waals surface area contributed by atoms with Crippen molar-refractivity contribution in [2.45, 2.75) is 0 Å². The lowest BCUT2D eigenvalue weighted by Crippen LogP contribution is -1.99. The number of aromatic nitrogens is 1. The highest BCUT2D eigenvalue weighted by atomic mass is 16.5. The predicted octanol–water partition coefficient (Wildman–Crippen LogP) is 1.94. The molecule has 2 rings (SSSR count). The van der Waals surface area contributed by atoms with E-state index in [9.17, 15) is 4.79 Å². The van der Waals surface area contributed by atoms with Crippen LogP contribution in [0.5, 0.6) is 5.75 Å². The third-order valence-corrected chi connectivity index (χ3v) is 2.14. The van der Waals surface area contributed by atoms with Gasteiger partial charge in [-0.2, -0.15) is 0 Å². The van der Waals surface area contributed by atoms with E-state index in [0.717, 1.165) is 5.39 Å². The molecule has 0 aliphatic carbocycles. The Hall–Kier alpha value is -2.10. The number of carbonyl (C=O) groups is 1. The fourth-order valence-corrected chi connectivity index (χ4v) is 1.45. The standard InChI is InChI=1S/C11H9NO3/c1-15-8-5-7-3-2-4-12-10(7)9(6-8)11(13)14/h2-6H,1H3,(H,13,14). The van der Waals surface area contributed by atoms with Gasteiger partial charge >= 0.3 is 5.97 Å². The summed E-state index contributed by atoms with van der Waals surface area (Å²) < 4.78 is 5.02. The Morgan fingerprint density at radius 2 is 2.27 bits per heavy atom. The molecule has 0 saturated heterocycles. The number of methoxy groups -OCH3 is 1. The zero-order valence-corrected chi connectivity index (χ0v) is 8.10. The maximum absolute atomic E-state index is 11.0. The summed E-state index contributed by atoms with van der Waals surface area (Å²) in [7, 11) is 1.50. The molecule has 0 fully saturated rings. The van der Waals surface area contributed by atoms with E-state index in [2.05, 4.69) is 4.98 Å². The van der Waals surface area contributed by atoms with Crippen molar-refractivity contribution >= 4 is 16.9 Å². The van der Waals surface area contributed by atoms with Crippen LogP contribution >= 0.6 is 0 Å². The van der Waals surface area contributed by atoms with E-state index < -0.39 is 5.97 Å². The molecule has 1 heterocycles. The Kier molecular flexibility index (Phi) is 2.25. The van der Waals surface area contributed by atoms with E-state index in [-0.39, 0.29) is 5.56 Å². The highest BCUT2D eigenvalue weighted by Gasteiger charge is 2.11. The molecule has 0 amide bonds. The molecule has 1 aromatic heterocycles. The van der Waals surface area contributed by atoms with Crippen molar-refractivity contribution in [2.75, 3.05) is 7.11 Å². The number of benzene rings is 1. The molecular weight excluding hydrogens is 194 g/mol. The average Bonchev–Trinajstić information content (AvgIpc) is 2.27. The molecule has 1 N–H and O–H groups in total. The highest BCUT2D eigenvalue weighted by Crippen LogP contribution is 2.23. The van der Waals surface area contributed by atoms with Crippen molar-refractivity contribution in [3.8, 4) is 5.75 Å². The molecule has 0 saturated carbocycles. The monoisotopic (exact) mass is 203 g/mol. The first-order chi connectivity index (χ1) is 7.22. The van der Waals surface area contributed by atoms with Crippen molar-refractivity contribution in [3.63, 3.8) is 0 Å². The molecule has 0 aliphatic heterocycles. The fraction of sp³-hybridized carbons (Fsp3) is 0.0909. The molecule has 15 heavy (non-hydrogen) atoms. The number of ether oxygens (including phenoxy) is 1. The number of pyridine rings is 1. The molecular formula is C11H9NO3. The summed E-state index contributed by atoms with van der Waals surface area (Å²) >= 11 is 0. The lowest BCUT2D eigenvalue weighted by Gasteiger charge is -2.05. The molecule has 76 valence electrons. The van der Waals surface area contributed by atoms with Crippen molar-refractivity contribution < 1.29 is 14.6 Å². The van der Waals surface area contributed by atoms with E-state index in [1.807, 2.05) is 0 Å². The lowest BCUT2D eigenvalue weighted by atomic mass is 10.1. The molecule has 1 aromatic carbocycles. The minimum absolute atomic E-state index is 0.157. The second kappa shape index (κ2) is 3.57. The Morgan fingerprint density at radius 3 is 2.93 bits per heavy atom. The third kappa shape index (κ3) is 1.61. The summed E-state index contributed by atoms with van der Waals surface area (Å²) in [6.07, 6.45) is 1.57. The smallest absolute Gasteiger partial charge is 0.338 e. The van der Waals surface area contributed by atoms with Gasteiger partial charge in [0.2, 0.25) is 0 Å². The van der Waals surface area contributed by atoms with Gasteiger partial charge in [-0.3, -0.25) is 4.98 Å². The molecule has 0 unspecified atom stereocenters. The molecule has 2 aromatic rings. The van der Waals surface area contributed by atoms with Gasteiger partial charge in [-0.15, -0.1) is 0 Å². The summed E-state index contributed by atoms with van der Waals surface area (Å²) in [5, 5.41) is 9.77. The molecule has 0 aliphatic rings. The Morgan fingerprint density at radius 1 is 1.47 bits per heavy atom. The van der Waals surface area contributed by atoms with E-state index in [0.29, 0.717) is 11.3 Å². The summed E-state index contributed by atoms with van der Waals surface area (Å²) in [5.74, 6) is -0.481. The number of aromatic carboxylic acids is 1. The molecule has 0 spiro atoms. The van der Waals surface area contributed by atoms with Crippen LogP contribution in [0.2, 0.25) is 0 Å². The molecule has 4 heteroatoms. The zero-order valence-electron chi connectivity index (χ0n) is 8.10. The largest absolute Gasteiger partial charge is 0.497 e. The number of carboxylic acids is 1. The minimum Gasteiger partial charge on any atom is -0.497 e. The van der Waals surface area contributed by atoms with E-state index in [1.165, 1.54) is 13.2 Å². The van der Waals surface area contributed by atoms with Crippen LogP contribution in [0.1, 0.15) is 10.4 Å². The van der Waals surface area contributed by atoms with Crippen LogP contribution in [0.25, 0.3) is 10.9 Å². The van der Waals surface area contributed by atoms with Crippen LogP contribution in [0, 0.1) is 0 Å². The van der Waals surface area contributed by atoms with Gasteiger partial charge in [-0.25, -0.2) is 4.79 Å². The van der Waals surface area contributed by atoms with Crippen molar-refractivity contribution in [2.24, 2.45) is 0 Å². The number of hydrogen-bond acceptors (Lipinski definition) is 3. The minimum atomic E-state index is -1.00. The molecule has 0 bridgehead atoms. The summed E-state index contributed by atoms with van der Waals surface area (Å²) in [6, 6.07) is 6.79. The SMILES string of the molecule is COc1cc(C(=O)O)c2ncccc2c1. The Labute approximate surface area is 86.1 Å². The predicted molar refractivity (Wildman–Crippen MR) is 55.3 cm³/mol. The van der Waals surface area contributed by atoms with Gasteiger partial charge in [0.1, 0.15) is 5.75 Å². The van der Waals surface area contributed by atoms with Gasteiger partial charge in [0, 0.05) is 11.6 Å². The van der Waals surface area contributed by atoms with Gasteiger partial charge in [0.25, 0.3) is 0 Å². The topological polar surface area (TPSA) is 59.4 Å².